The number of rotatable bonds is 5. The van der Waals surface area contributed by atoms with E-state index in [1.54, 1.807) is 12.1 Å². The summed E-state index contributed by atoms with van der Waals surface area (Å²) in [7, 11) is 2.04. The number of hydrogen-bond acceptors (Lipinski definition) is 3. The molecule has 112 valence electrons. The molecule has 2 aromatic carbocycles. The fourth-order valence-corrected chi connectivity index (χ4v) is 2.56. The molecular weight excluding hydrogens is 260 g/mol. The number of phenolic OH excluding ortho intramolecular Hbond substituents is 1. The molecule has 0 saturated carbocycles. The van der Waals surface area contributed by atoms with Crippen LogP contribution in [0.3, 0.4) is 0 Å². The number of benzene rings is 2. The van der Waals surface area contributed by atoms with Crippen molar-refractivity contribution in [1.29, 1.82) is 0 Å². The molecule has 3 heteroatoms. The first-order valence-electron chi connectivity index (χ1n) is 7.29. The molecule has 0 saturated heterocycles. The maximum absolute atomic E-state index is 9.32. The first-order chi connectivity index (χ1) is 9.95. The number of anilines is 1. The molecule has 1 unspecified atom stereocenters. The van der Waals surface area contributed by atoms with Crippen LogP contribution in [0.5, 0.6) is 5.75 Å². The molecule has 0 aliphatic rings. The van der Waals surface area contributed by atoms with Crippen molar-refractivity contribution in [3.05, 3.63) is 59.2 Å². The first kappa shape index (κ1) is 15.4. The van der Waals surface area contributed by atoms with Crippen molar-refractivity contribution in [2.75, 3.05) is 18.5 Å². The lowest BCUT2D eigenvalue weighted by Crippen LogP contribution is -2.23. The van der Waals surface area contributed by atoms with Crippen LogP contribution in [-0.4, -0.2) is 18.7 Å². The summed E-state index contributed by atoms with van der Waals surface area (Å²) in [4.78, 5) is 2.15. The summed E-state index contributed by atoms with van der Waals surface area (Å²) >= 11 is 0. The van der Waals surface area contributed by atoms with Crippen LogP contribution < -0.4 is 10.6 Å². The van der Waals surface area contributed by atoms with Gasteiger partial charge in [0.25, 0.3) is 0 Å². The molecule has 0 fully saturated rings. The van der Waals surface area contributed by atoms with E-state index >= 15 is 0 Å². The van der Waals surface area contributed by atoms with Gasteiger partial charge in [0.05, 0.1) is 0 Å². The molecule has 3 N–H and O–H groups in total. The summed E-state index contributed by atoms with van der Waals surface area (Å²) in [5.74, 6) is 0.291. The third kappa shape index (κ3) is 4.23. The van der Waals surface area contributed by atoms with Crippen molar-refractivity contribution in [2.24, 2.45) is 5.73 Å². The Kier molecular flexibility index (Phi) is 4.86. The number of phenols is 1. The quantitative estimate of drug-likeness (QED) is 0.883. The monoisotopic (exact) mass is 284 g/mol. The van der Waals surface area contributed by atoms with Gasteiger partial charge in [0.2, 0.25) is 0 Å². The minimum absolute atomic E-state index is 0.0446. The van der Waals surface area contributed by atoms with E-state index in [1.165, 1.54) is 16.7 Å². The minimum Gasteiger partial charge on any atom is -0.508 e. The van der Waals surface area contributed by atoms with E-state index in [9.17, 15) is 5.11 Å². The van der Waals surface area contributed by atoms with Crippen molar-refractivity contribution in [3.8, 4) is 5.75 Å². The number of nitrogens with two attached hydrogens (primary N) is 1. The van der Waals surface area contributed by atoms with Gasteiger partial charge in [0.1, 0.15) is 5.75 Å². The second kappa shape index (κ2) is 6.64. The summed E-state index contributed by atoms with van der Waals surface area (Å²) < 4.78 is 0. The Labute approximate surface area is 127 Å². The topological polar surface area (TPSA) is 49.5 Å². The second-order valence-corrected chi connectivity index (χ2v) is 5.75. The van der Waals surface area contributed by atoms with Gasteiger partial charge in [0, 0.05) is 25.3 Å². The molecule has 0 heterocycles. The fraction of sp³-hybridized carbons (Fsp3) is 0.333. The summed E-state index contributed by atoms with van der Waals surface area (Å²) in [6, 6.07) is 13.8. The molecule has 0 radical (unpaired) electrons. The zero-order valence-corrected chi connectivity index (χ0v) is 13.0. The minimum atomic E-state index is 0.0446. The van der Waals surface area contributed by atoms with Gasteiger partial charge in [-0.2, -0.15) is 0 Å². The summed E-state index contributed by atoms with van der Waals surface area (Å²) in [6.45, 7) is 5.08. The number of nitrogens with zero attached hydrogens (tertiary/aromatic N) is 1. The Hall–Kier alpha value is -2.00. The van der Waals surface area contributed by atoms with Crippen LogP contribution >= 0.6 is 0 Å². The van der Waals surface area contributed by atoms with E-state index in [2.05, 4.69) is 36.9 Å². The van der Waals surface area contributed by atoms with Gasteiger partial charge >= 0.3 is 0 Å². The zero-order valence-electron chi connectivity index (χ0n) is 13.0. The van der Waals surface area contributed by atoms with E-state index in [4.69, 9.17) is 5.73 Å². The molecule has 0 aliphatic carbocycles. The average molecular weight is 284 g/mol. The van der Waals surface area contributed by atoms with Gasteiger partial charge in [-0.05, 0) is 50.1 Å². The Balaban J connectivity index is 1.97. The lowest BCUT2D eigenvalue weighted by atomic mass is 9.99. The van der Waals surface area contributed by atoms with Crippen LogP contribution in [0.1, 0.15) is 29.2 Å². The SMILES string of the molecule is Cc1cc(C)cc(C(N)CCN(C)c2ccc(O)cc2)c1. The zero-order chi connectivity index (χ0) is 15.4. The molecule has 0 aromatic heterocycles. The molecule has 0 aliphatic heterocycles. The lowest BCUT2D eigenvalue weighted by molar-refractivity contribution is 0.475. The van der Waals surface area contributed by atoms with Crippen LogP contribution in [0.25, 0.3) is 0 Å². The Morgan fingerprint density at radius 2 is 1.62 bits per heavy atom. The number of aromatic hydroxyl groups is 1. The third-order valence-corrected chi connectivity index (χ3v) is 3.74. The summed E-state index contributed by atoms with van der Waals surface area (Å²) in [6.07, 6.45) is 0.889. The molecule has 2 rings (SSSR count). The third-order valence-electron chi connectivity index (χ3n) is 3.74. The van der Waals surface area contributed by atoms with Crippen molar-refractivity contribution < 1.29 is 5.11 Å². The van der Waals surface area contributed by atoms with Gasteiger partial charge in [-0.1, -0.05) is 29.3 Å². The second-order valence-electron chi connectivity index (χ2n) is 5.75. The molecule has 0 bridgehead atoms. The average Bonchev–Trinajstić information content (AvgIpc) is 2.44. The van der Waals surface area contributed by atoms with Crippen molar-refractivity contribution in [2.45, 2.75) is 26.3 Å². The van der Waals surface area contributed by atoms with Gasteiger partial charge < -0.3 is 15.7 Å². The van der Waals surface area contributed by atoms with Gasteiger partial charge in [-0.15, -0.1) is 0 Å². The summed E-state index contributed by atoms with van der Waals surface area (Å²) in [5.41, 5.74) is 11.1. The standard InChI is InChI=1S/C18H24N2O/c1-13-10-14(2)12-15(11-13)18(19)8-9-20(3)16-4-6-17(21)7-5-16/h4-7,10-12,18,21H,8-9,19H2,1-3H3. The van der Waals surface area contributed by atoms with E-state index in [0.717, 1.165) is 18.7 Å². The predicted molar refractivity (Wildman–Crippen MR) is 88.8 cm³/mol. The Bertz CT molecular complexity index is 572. The van der Waals surface area contributed by atoms with Crippen LogP contribution in [0.2, 0.25) is 0 Å². The van der Waals surface area contributed by atoms with Crippen LogP contribution in [0.4, 0.5) is 5.69 Å². The molecule has 0 amide bonds. The Morgan fingerprint density at radius 3 is 2.19 bits per heavy atom. The lowest BCUT2D eigenvalue weighted by Gasteiger charge is -2.22. The number of aryl methyl sites for hydroxylation is 2. The van der Waals surface area contributed by atoms with Crippen LogP contribution in [0, 0.1) is 13.8 Å². The molecule has 2 aromatic rings. The van der Waals surface area contributed by atoms with Gasteiger partial charge in [-0.3, -0.25) is 0 Å². The molecule has 1 atom stereocenters. The van der Waals surface area contributed by atoms with E-state index in [1.807, 2.05) is 19.2 Å². The largest absolute Gasteiger partial charge is 0.508 e. The Morgan fingerprint density at radius 1 is 1.05 bits per heavy atom. The summed E-state index contributed by atoms with van der Waals surface area (Å²) in [5, 5.41) is 9.32. The normalized spacial score (nSPS) is 12.2. The highest BCUT2D eigenvalue weighted by atomic mass is 16.3. The predicted octanol–water partition coefficient (Wildman–Crippen LogP) is 3.54. The highest BCUT2D eigenvalue weighted by Gasteiger charge is 2.09. The molecular formula is C18H24N2O. The van der Waals surface area contributed by atoms with E-state index in [-0.39, 0.29) is 6.04 Å². The maximum atomic E-state index is 9.32. The van der Waals surface area contributed by atoms with E-state index < -0.39 is 0 Å². The van der Waals surface area contributed by atoms with Crippen LogP contribution in [-0.2, 0) is 0 Å². The van der Waals surface area contributed by atoms with Gasteiger partial charge in [0.15, 0.2) is 0 Å². The number of hydrogen-bond donors (Lipinski definition) is 2. The molecule has 3 nitrogen and oxygen atoms in total. The van der Waals surface area contributed by atoms with Crippen molar-refractivity contribution in [3.63, 3.8) is 0 Å². The van der Waals surface area contributed by atoms with Crippen LogP contribution in [0.15, 0.2) is 42.5 Å². The van der Waals surface area contributed by atoms with Crippen molar-refractivity contribution in [1.82, 2.24) is 0 Å². The fourth-order valence-electron chi connectivity index (χ4n) is 2.56. The maximum Gasteiger partial charge on any atom is 0.115 e. The first-order valence-corrected chi connectivity index (χ1v) is 7.29. The molecule has 0 spiro atoms. The highest BCUT2D eigenvalue weighted by Crippen LogP contribution is 2.21. The van der Waals surface area contributed by atoms with Crippen molar-refractivity contribution >= 4 is 5.69 Å². The van der Waals surface area contributed by atoms with E-state index in [0.29, 0.717) is 5.75 Å². The van der Waals surface area contributed by atoms with Gasteiger partial charge in [-0.25, -0.2) is 0 Å². The highest BCUT2D eigenvalue weighted by molar-refractivity contribution is 5.48. The smallest absolute Gasteiger partial charge is 0.115 e. The molecule has 21 heavy (non-hydrogen) atoms.